The zero-order valence-corrected chi connectivity index (χ0v) is 27.9. The van der Waals surface area contributed by atoms with Gasteiger partial charge in [-0.1, -0.05) is 66.7 Å². The van der Waals surface area contributed by atoms with Crippen molar-refractivity contribution in [3.63, 3.8) is 0 Å². The second-order valence-electron chi connectivity index (χ2n) is 11.3. The van der Waals surface area contributed by atoms with E-state index in [0.717, 1.165) is 11.1 Å². The van der Waals surface area contributed by atoms with Crippen LogP contribution in [0.3, 0.4) is 0 Å². The lowest BCUT2D eigenvalue weighted by Crippen LogP contribution is -2.48. The molecular formula is C36H41FN4O6S. The Labute approximate surface area is 280 Å². The van der Waals surface area contributed by atoms with Crippen LogP contribution in [-0.4, -0.2) is 56.9 Å². The van der Waals surface area contributed by atoms with Crippen LogP contribution >= 0.6 is 0 Å². The number of rotatable bonds is 16. The number of hydrogen-bond acceptors (Lipinski definition) is 7. The Morgan fingerprint density at radius 2 is 1.50 bits per heavy atom. The van der Waals surface area contributed by atoms with Gasteiger partial charge in [0.2, 0.25) is 10.0 Å². The Morgan fingerprint density at radius 1 is 0.875 bits per heavy atom. The summed E-state index contributed by atoms with van der Waals surface area (Å²) < 4.78 is 47.0. The molecular weight excluding hydrogens is 635 g/mol. The standard InChI is InChI=1S/C36H41FN4O6S/c1-4-48(45,46)41-29-20-27(35(43)39-24(2)26-14-9-6-10-15-26)19-28(21-29)36(44)40-32(18-25-12-7-5-8-13-25)33(42)23-38-22-30-31(37)16-11-17-34(30)47-3/h5-17,19-21,24,32-33,38,41-42H,4,18,22-23H2,1-3H3,(H,39,43)(H,40,44)/t24-,32+,33-/m1/s1. The first-order valence-electron chi connectivity index (χ1n) is 15.6. The molecule has 0 aromatic heterocycles. The highest BCUT2D eigenvalue weighted by Crippen LogP contribution is 2.22. The molecule has 0 aliphatic heterocycles. The van der Waals surface area contributed by atoms with Gasteiger partial charge in [-0.25, -0.2) is 12.8 Å². The molecule has 4 aromatic rings. The Balaban J connectivity index is 1.58. The molecule has 2 amide bonds. The van der Waals surface area contributed by atoms with E-state index in [1.165, 1.54) is 38.3 Å². The maximum Gasteiger partial charge on any atom is 0.251 e. The SMILES string of the molecule is CCS(=O)(=O)Nc1cc(C(=O)N[C@@H](Cc2ccccc2)[C@H](O)CNCc2c(F)cccc2OC)cc(C(=O)N[C@H](C)c2ccccc2)c1. The van der Waals surface area contributed by atoms with Crippen molar-refractivity contribution in [1.29, 1.82) is 0 Å². The summed E-state index contributed by atoms with van der Waals surface area (Å²) >= 11 is 0. The second-order valence-corrected chi connectivity index (χ2v) is 13.3. The number of ether oxygens (including phenoxy) is 1. The van der Waals surface area contributed by atoms with Crippen molar-refractivity contribution in [3.8, 4) is 5.75 Å². The third kappa shape index (κ3) is 10.1. The molecule has 0 fully saturated rings. The van der Waals surface area contributed by atoms with Crippen LogP contribution in [0, 0.1) is 5.82 Å². The first kappa shape index (κ1) is 36.1. The third-order valence-electron chi connectivity index (χ3n) is 7.79. The van der Waals surface area contributed by atoms with Crippen molar-refractivity contribution in [2.75, 3.05) is 24.1 Å². The largest absolute Gasteiger partial charge is 0.496 e. The Bertz CT molecular complexity index is 1790. The number of benzene rings is 4. The summed E-state index contributed by atoms with van der Waals surface area (Å²) in [7, 11) is -2.30. The van der Waals surface area contributed by atoms with Crippen LogP contribution in [0.2, 0.25) is 0 Å². The molecule has 0 aliphatic carbocycles. The van der Waals surface area contributed by atoms with Crippen LogP contribution < -0.4 is 25.4 Å². The molecule has 4 aromatic carbocycles. The van der Waals surface area contributed by atoms with Gasteiger partial charge < -0.3 is 25.8 Å². The summed E-state index contributed by atoms with van der Waals surface area (Å²) in [5.74, 6) is -1.45. The van der Waals surface area contributed by atoms with E-state index >= 15 is 0 Å². The molecule has 254 valence electrons. The fourth-order valence-electron chi connectivity index (χ4n) is 5.10. The van der Waals surface area contributed by atoms with Crippen molar-refractivity contribution in [1.82, 2.24) is 16.0 Å². The lowest BCUT2D eigenvalue weighted by atomic mass is 10.00. The van der Waals surface area contributed by atoms with Crippen LogP contribution in [0.25, 0.3) is 0 Å². The van der Waals surface area contributed by atoms with Crippen LogP contribution in [0.4, 0.5) is 10.1 Å². The first-order valence-corrected chi connectivity index (χ1v) is 17.2. The molecule has 0 radical (unpaired) electrons. The van der Waals surface area contributed by atoms with Gasteiger partial charge in [0, 0.05) is 29.8 Å². The molecule has 5 N–H and O–H groups in total. The molecule has 0 saturated carbocycles. The van der Waals surface area contributed by atoms with E-state index in [1.807, 2.05) is 67.6 Å². The van der Waals surface area contributed by atoms with E-state index in [1.54, 1.807) is 12.1 Å². The van der Waals surface area contributed by atoms with Gasteiger partial charge in [-0.2, -0.15) is 0 Å². The number of hydrogen-bond donors (Lipinski definition) is 5. The minimum Gasteiger partial charge on any atom is -0.496 e. The normalized spacial score (nSPS) is 13.2. The maximum absolute atomic E-state index is 14.5. The van der Waals surface area contributed by atoms with E-state index in [0.29, 0.717) is 11.3 Å². The maximum atomic E-state index is 14.5. The Kier molecular flexibility index (Phi) is 12.7. The minimum absolute atomic E-state index is 0.00334. The van der Waals surface area contributed by atoms with Crippen LogP contribution in [0.1, 0.15) is 57.3 Å². The van der Waals surface area contributed by atoms with Gasteiger partial charge in [-0.05, 0) is 61.7 Å². The fraction of sp³-hybridized carbons (Fsp3) is 0.278. The quantitative estimate of drug-likeness (QED) is 0.117. The number of aliphatic hydroxyl groups is 1. The number of aliphatic hydroxyl groups excluding tert-OH is 1. The average molecular weight is 677 g/mol. The molecule has 0 unspecified atom stereocenters. The van der Waals surface area contributed by atoms with Crippen molar-refractivity contribution >= 4 is 27.5 Å². The van der Waals surface area contributed by atoms with Crippen LogP contribution in [-0.2, 0) is 23.0 Å². The molecule has 3 atom stereocenters. The predicted octanol–water partition coefficient (Wildman–Crippen LogP) is 4.58. The predicted molar refractivity (Wildman–Crippen MR) is 184 cm³/mol. The lowest BCUT2D eigenvalue weighted by molar-refractivity contribution is 0.0829. The van der Waals surface area contributed by atoms with E-state index in [2.05, 4.69) is 20.7 Å². The molecule has 0 bridgehead atoms. The summed E-state index contributed by atoms with van der Waals surface area (Å²) in [6.07, 6.45) is -0.870. The summed E-state index contributed by atoms with van der Waals surface area (Å²) in [6.45, 7) is 3.35. The van der Waals surface area contributed by atoms with E-state index in [9.17, 15) is 27.5 Å². The molecule has 48 heavy (non-hydrogen) atoms. The van der Waals surface area contributed by atoms with E-state index in [-0.39, 0.29) is 48.1 Å². The molecule has 0 aliphatic rings. The van der Waals surface area contributed by atoms with Gasteiger partial charge in [-0.3, -0.25) is 14.3 Å². The van der Waals surface area contributed by atoms with Gasteiger partial charge >= 0.3 is 0 Å². The van der Waals surface area contributed by atoms with Crippen LogP contribution in [0.15, 0.2) is 97.1 Å². The van der Waals surface area contributed by atoms with Crippen molar-refractivity contribution in [3.05, 3.63) is 131 Å². The lowest BCUT2D eigenvalue weighted by Gasteiger charge is -2.25. The highest BCUT2D eigenvalue weighted by Gasteiger charge is 2.24. The number of methoxy groups -OCH3 is 1. The minimum atomic E-state index is -3.74. The molecule has 0 saturated heterocycles. The Hall–Kier alpha value is -4.78. The first-order chi connectivity index (χ1) is 23.0. The fourth-order valence-corrected chi connectivity index (χ4v) is 5.72. The molecule has 10 nitrogen and oxygen atoms in total. The number of halogens is 1. The third-order valence-corrected chi connectivity index (χ3v) is 9.10. The van der Waals surface area contributed by atoms with Crippen molar-refractivity contribution in [2.45, 2.75) is 45.0 Å². The summed E-state index contributed by atoms with van der Waals surface area (Å²) in [4.78, 5) is 27.1. The van der Waals surface area contributed by atoms with Gasteiger partial charge in [0.05, 0.1) is 36.7 Å². The zero-order valence-electron chi connectivity index (χ0n) is 27.1. The topological polar surface area (TPSA) is 146 Å². The number of anilines is 1. The summed E-state index contributed by atoms with van der Waals surface area (Å²) in [5.41, 5.74) is 2.14. The number of nitrogens with one attached hydrogen (secondary N) is 4. The molecule has 0 spiro atoms. The zero-order chi connectivity index (χ0) is 34.7. The Morgan fingerprint density at radius 3 is 2.12 bits per heavy atom. The number of carbonyl (C=O) groups is 2. The second kappa shape index (κ2) is 16.9. The average Bonchev–Trinajstić information content (AvgIpc) is 3.09. The van der Waals surface area contributed by atoms with Gasteiger partial charge in [0.25, 0.3) is 11.8 Å². The number of sulfonamides is 1. The smallest absolute Gasteiger partial charge is 0.251 e. The van der Waals surface area contributed by atoms with Gasteiger partial charge in [-0.15, -0.1) is 0 Å². The molecule has 0 heterocycles. The molecule has 4 rings (SSSR count). The van der Waals surface area contributed by atoms with Crippen molar-refractivity contribution in [2.24, 2.45) is 0 Å². The molecule has 12 heteroatoms. The van der Waals surface area contributed by atoms with E-state index in [4.69, 9.17) is 4.74 Å². The summed E-state index contributed by atoms with van der Waals surface area (Å²) in [6, 6.07) is 26.0. The van der Waals surface area contributed by atoms with Gasteiger partial charge in [0.1, 0.15) is 11.6 Å². The summed E-state index contributed by atoms with van der Waals surface area (Å²) in [5, 5.41) is 20.1. The number of amides is 2. The highest BCUT2D eigenvalue weighted by atomic mass is 32.2. The van der Waals surface area contributed by atoms with Gasteiger partial charge in [0.15, 0.2) is 0 Å². The number of carbonyl (C=O) groups excluding carboxylic acids is 2. The van der Waals surface area contributed by atoms with Crippen molar-refractivity contribution < 1.29 is 32.2 Å². The van der Waals surface area contributed by atoms with E-state index < -0.39 is 39.8 Å². The van der Waals surface area contributed by atoms with Crippen LogP contribution in [0.5, 0.6) is 5.75 Å². The highest BCUT2D eigenvalue weighted by molar-refractivity contribution is 7.92. The monoisotopic (exact) mass is 676 g/mol.